The molecule has 0 saturated carbocycles. The Morgan fingerprint density at radius 2 is 1.86 bits per heavy atom. The van der Waals surface area contributed by atoms with Crippen molar-refractivity contribution in [3.05, 3.63) is 95.1 Å². The molecule has 1 aromatic carbocycles. The second-order valence-corrected chi connectivity index (χ2v) is 11.6. The van der Waals surface area contributed by atoms with E-state index < -0.39 is 0 Å². The van der Waals surface area contributed by atoms with Crippen molar-refractivity contribution in [3.63, 3.8) is 0 Å². The van der Waals surface area contributed by atoms with Crippen LogP contribution in [0.15, 0.2) is 83.4 Å². The number of anilines is 1. The van der Waals surface area contributed by atoms with Crippen molar-refractivity contribution >= 4 is 18.3 Å². The molecular weight excluding hydrogens is 536 g/mol. The molecule has 2 aliphatic heterocycles. The first-order valence-corrected chi connectivity index (χ1v) is 15.6. The average molecular weight is 585 g/mol. The van der Waals surface area contributed by atoms with E-state index in [0.29, 0.717) is 36.1 Å². The summed E-state index contributed by atoms with van der Waals surface area (Å²) < 4.78 is 0. The van der Waals surface area contributed by atoms with Crippen molar-refractivity contribution in [2.24, 2.45) is 16.6 Å². The summed E-state index contributed by atoms with van der Waals surface area (Å²) in [5.41, 5.74) is 17.3. The largest absolute Gasteiger partial charge is 0.397 e. The number of nitrogens with two attached hydrogens (primary N) is 2. The predicted molar refractivity (Wildman–Crippen MR) is 175 cm³/mol. The minimum atomic E-state index is -0.115. The number of nitrogens with zero attached hydrogens (tertiary/aromatic N) is 4. The van der Waals surface area contributed by atoms with Crippen LogP contribution in [0.4, 0.5) is 5.69 Å². The molecule has 6 N–H and O–H groups in total. The Labute approximate surface area is 256 Å². The molecule has 9 heteroatoms. The number of hydrogen-bond donors (Lipinski definition) is 4. The van der Waals surface area contributed by atoms with Gasteiger partial charge in [0.2, 0.25) is 0 Å². The number of carbonyl (C=O) groups is 1. The third-order valence-electron chi connectivity index (χ3n) is 8.30. The molecule has 0 unspecified atom stereocenters. The number of hydrogen-bond acceptors (Lipinski definition) is 8. The number of aliphatic imine (C=N–C) groups is 1. The first-order chi connectivity index (χ1) is 20.9. The number of pyridine rings is 1. The Bertz CT molecular complexity index is 1310. The zero-order valence-electron chi connectivity index (χ0n) is 25.7. The molecule has 0 aliphatic carbocycles. The fraction of sp³-hybridized carbons (Fsp3) is 0.441. The molecule has 43 heavy (non-hydrogen) atoms. The van der Waals surface area contributed by atoms with Crippen LogP contribution in [0, 0.1) is 5.92 Å². The van der Waals surface area contributed by atoms with E-state index in [-0.39, 0.29) is 5.91 Å². The lowest BCUT2D eigenvalue weighted by molar-refractivity contribution is 0.0947. The molecule has 0 atom stereocenters. The SMILES string of the molecule is C=N/C(N)=C1/NC(=C)N(Cc2ccc(CN3CCC(CCNC(=O)c4cncc(N)c4)CC3)cc2)/C1=C/CCCCCC. The van der Waals surface area contributed by atoms with E-state index in [4.69, 9.17) is 11.5 Å². The Kier molecular flexibility index (Phi) is 11.8. The topological polar surface area (TPSA) is 125 Å². The van der Waals surface area contributed by atoms with Crippen molar-refractivity contribution in [3.8, 4) is 0 Å². The summed E-state index contributed by atoms with van der Waals surface area (Å²) in [4.78, 5) is 25.0. The number of nitrogens with one attached hydrogen (secondary N) is 2. The molecule has 0 radical (unpaired) electrons. The zero-order valence-corrected chi connectivity index (χ0v) is 25.7. The van der Waals surface area contributed by atoms with E-state index in [1.807, 2.05) is 0 Å². The predicted octanol–water partition coefficient (Wildman–Crippen LogP) is 5.26. The monoisotopic (exact) mass is 584 g/mol. The summed E-state index contributed by atoms with van der Waals surface area (Å²) in [7, 11) is 0. The molecule has 2 aliphatic rings. The first kappa shape index (κ1) is 31.8. The molecule has 2 saturated heterocycles. The fourth-order valence-corrected chi connectivity index (χ4v) is 5.73. The van der Waals surface area contributed by atoms with Gasteiger partial charge < -0.3 is 27.0 Å². The number of aromatic nitrogens is 1. The van der Waals surface area contributed by atoms with Gasteiger partial charge in [-0.2, -0.15) is 0 Å². The van der Waals surface area contributed by atoms with Crippen molar-refractivity contribution in [2.45, 2.75) is 71.4 Å². The summed E-state index contributed by atoms with van der Waals surface area (Å²) in [6.07, 6.45) is 14.4. The molecule has 2 aromatic rings. The first-order valence-electron chi connectivity index (χ1n) is 15.6. The van der Waals surface area contributed by atoms with Gasteiger partial charge in [0, 0.05) is 32.0 Å². The van der Waals surface area contributed by atoms with E-state index in [0.717, 1.165) is 69.0 Å². The van der Waals surface area contributed by atoms with E-state index >= 15 is 0 Å². The van der Waals surface area contributed by atoms with Gasteiger partial charge in [0.25, 0.3) is 5.91 Å². The van der Waals surface area contributed by atoms with Gasteiger partial charge in [0.05, 0.1) is 16.9 Å². The lowest BCUT2D eigenvalue weighted by Crippen LogP contribution is -2.34. The molecule has 1 aromatic heterocycles. The maximum absolute atomic E-state index is 12.3. The molecule has 1 amide bonds. The number of nitrogen functional groups attached to an aromatic ring is 1. The maximum atomic E-state index is 12.3. The number of amides is 1. The van der Waals surface area contributed by atoms with E-state index in [9.17, 15) is 4.79 Å². The molecular formula is C34H48N8O. The van der Waals surface area contributed by atoms with Gasteiger partial charge in [-0.15, -0.1) is 0 Å². The molecule has 3 heterocycles. The molecule has 2 fully saturated rings. The van der Waals surface area contributed by atoms with E-state index in [1.54, 1.807) is 18.5 Å². The van der Waals surface area contributed by atoms with Crippen molar-refractivity contribution in [1.29, 1.82) is 0 Å². The summed E-state index contributed by atoms with van der Waals surface area (Å²) in [6, 6.07) is 10.6. The highest BCUT2D eigenvalue weighted by Crippen LogP contribution is 2.30. The van der Waals surface area contributed by atoms with Gasteiger partial charge >= 0.3 is 0 Å². The average Bonchev–Trinajstić information content (AvgIpc) is 3.32. The summed E-state index contributed by atoms with van der Waals surface area (Å²) >= 11 is 0. The van der Waals surface area contributed by atoms with Crippen LogP contribution in [0.25, 0.3) is 0 Å². The number of rotatable bonds is 14. The van der Waals surface area contributed by atoms with Crippen LogP contribution in [0.3, 0.4) is 0 Å². The van der Waals surface area contributed by atoms with Gasteiger partial charge in [0.15, 0.2) is 0 Å². The minimum Gasteiger partial charge on any atom is -0.397 e. The lowest BCUT2D eigenvalue weighted by atomic mass is 9.93. The van der Waals surface area contributed by atoms with Crippen LogP contribution in [-0.4, -0.2) is 47.0 Å². The third kappa shape index (κ3) is 9.19. The number of piperidine rings is 1. The number of allylic oxidation sites excluding steroid dienone is 1. The number of unbranched alkanes of at least 4 members (excludes halogenated alkanes) is 4. The highest BCUT2D eigenvalue weighted by atomic mass is 16.1. The Hall–Kier alpha value is -4.11. The van der Waals surface area contributed by atoms with Gasteiger partial charge in [-0.1, -0.05) is 63.1 Å². The van der Waals surface area contributed by atoms with Crippen LogP contribution in [-0.2, 0) is 13.1 Å². The van der Waals surface area contributed by atoms with Gasteiger partial charge in [-0.3, -0.25) is 14.7 Å². The van der Waals surface area contributed by atoms with Crippen LogP contribution in [0.1, 0.15) is 79.8 Å². The van der Waals surface area contributed by atoms with Crippen LogP contribution in [0.5, 0.6) is 0 Å². The Balaban J connectivity index is 1.24. The number of carbonyl (C=O) groups excluding carboxylic acids is 1. The summed E-state index contributed by atoms with van der Waals surface area (Å²) in [5.74, 6) is 1.70. The van der Waals surface area contributed by atoms with Crippen LogP contribution >= 0.6 is 0 Å². The quantitative estimate of drug-likeness (QED) is 0.176. The smallest absolute Gasteiger partial charge is 0.252 e. The van der Waals surface area contributed by atoms with Gasteiger partial charge in [0.1, 0.15) is 17.3 Å². The highest BCUT2D eigenvalue weighted by molar-refractivity contribution is 5.94. The fourth-order valence-electron chi connectivity index (χ4n) is 5.73. The lowest BCUT2D eigenvalue weighted by Gasteiger charge is -2.32. The highest BCUT2D eigenvalue weighted by Gasteiger charge is 2.27. The number of benzene rings is 1. The standard InChI is InChI=1S/C34H48N8O/c1-4-5-6-7-8-9-31-32(33(36)37-3)40-25(2)42(31)24-28-12-10-27(11-13-28)23-41-18-15-26(16-19-41)14-17-39-34(43)29-20-30(35)22-38-21-29/h9-13,20-22,26,40H,2-8,14-19,23-24,35-36H2,1H3,(H,39,43)/b31-9+,33-32+. The normalized spacial score (nSPS) is 18.1. The second kappa shape index (κ2) is 15.9. The zero-order chi connectivity index (χ0) is 30.6. The van der Waals surface area contributed by atoms with Crippen LogP contribution < -0.4 is 22.1 Å². The Morgan fingerprint density at radius 1 is 1.14 bits per heavy atom. The van der Waals surface area contributed by atoms with Crippen molar-refractivity contribution in [1.82, 2.24) is 25.4 Å². The third-order valence-corrected chi connectivity index (χ3v) is 8.30. The second-order valence-electron chi connectivity index (χ2n) is 11.6. The molecule has 0 spiro atoms. The molecule has 9 nitrogen and oxygen atoms in total. The van der Waals surface area contributed by atoms with Gasteiger partial charge in [-0.25, -0.2) is 4.99 Å². The molecule has 230 valence electrons. The van der Waals surface area contributed by atoms with Gasteiger partial charge in [-0.05, 0) is 75.0 Å². The summed E-state index contributed by atoms with van der Waals surface area (Å²) in [5, 5.41) is 6.33. The molecule has 4 rings (SSSR count). The minimum absolute atomic E-state index is 0.115. The number of likely N-dealkylation sites (tertiary alicyclic amines) is 1. The van der Waals surface area contributed by atoms with E-state index in [2.05, 4.69) is 81.0 Å². The maximum Gasteiger partial charge on any atom is 0.252 e. The summed E-state index contributed by atoms with van der Waals surface area (Å²) in [6.45, 7) is 14.5. The van der Waals surface area contributed by atoms with E-state index in [1.165, 1.54) is 30.4 Å². The van der Waals surface area contributed by atoms with Crippen LogP contribution in [0.2, 0.25) is 0 Å². The molecule has 0 bridgehead atoms. The Morgan fingerprint density at radius 3 is 2.53 bits per heavy atom. The van der Waals surface area contributed by atoms with Crippen molar-refractivity contribution in [2.75, 3.05) is 25.4 Å². The van der Waals surface area contributed by atoms with Crippen molar-refractivity contribution < 1.29 is 4.79 Å².